The minimum Gasteiger partial charge on any atom is -0.390 e. The Kier molecular flexibility index (Phi) is 5.75. The van der Waals surface area contributed by atoms with Crippen LogP contribution in [-0.2, 0) is 4.74 Å². The van der Waals surface area contributed by atoms with Crippen molar-refractivity contribution >= 4 is 34.7 Å². The van der Waals surface area contributed by atoms with Gasteiger partial charge in [-0.3, -0.25) is 9.36 Å². The summed E-state index contributed by atoms with van der Waals surface area (Å²) in [6, 6.07) is 19.2. The van der Waals surface area contributed by atoms with Gasteiger partial charge in [-0.1, -0.05) is 36.4 Å². The number of carbonyl (C=O) groups is 1. The number of aliphatic hydroxyl groups is 1. The molecule has 35 heavy (non-hydrogen) atoms. The van der Waals surface area contributed by atoms with Gasteiger partial charge in [0.25, 0.3) is 5.91 Å². The Morgan fingerprint density at radius 2 is 1.86 bits per heavy atom. The molecule has 4 atom stereocenters. The Balaban J connectivity index is 1.39. The number of fused-ring (bicyclic) bond motifs is 1. The van der Waals surface area contributed by atoms with E-state index >= 15 is 0 Å². The largest absolute Gasteiger partial charge is 0.390 e. The summed E-state index contributed by atoms with van der Waals surface area (Å²) < 4.78 is 8.60. The summed E-state index contributed by atoms with van der Waals surface area (Å²) in [6.45, 7) is 0. The number of ether oxygens (including phenoxy) is 1. The van der Waals surface area contributed by atoms with E-state index in [2.05, 4.69) is 32.4 Å². The van der Waals surface area contributed by atoms with Crippen molar-refractivity contribution in [3.05, 3.63) is 78.9 Å². The minimum atomic E-state index is -0.587. The van der Waals surface area contributed by atoms with Crippen LogP contribution in [0.25, 0.3) is 11.2 Å². The number of aromatic nitrogens is 4. The summed E-state index contributed by atoms with van der Waals surface area (Å²) in [4.78, 5) is 27.2. The van der Waals surface area contributed by atoms with Crippen LogP contribution in [0.5, 0.6) is 0 Å². The molecule has 6 rings (SSSR count). The number of aliphatic hydroxyl groups excluding tert-OH is 1. The highest BCUT2D eigenvalue weighted by Crippen LogP contribution is 2.52. The van der Waals surface area contributed by atoms with Crippen LogP contribution in [0.3, 0.4) is 0 Å². The molecule has 2 aliphatic rings. The highest BCUT2D eigenvalue weighted by molar-refractivity contribution is 8.00. The fourth-order valence-corrected chi connectivity index (χ4v) is 6.48. The Hall–Kier alpha value is -3.27. The van der Waals surface area contributed by atoms with Gasteiger partial charge in [-0.05, 0) is 49.9 Å². The van der Waals surface area contributed by atoms with Gasteiger partial charge in [0, 0.05) is 10.5 Å². The summed E-state index contributed by atoms with van der Waals surface area (Å²) >= 11 is 1.73. The molecule has 2 fully saturated rings. The summed E-state index contributed by atoms with van der Waals surface area (Å²) in [5.74, 6) is 0.116. The first-order valence-electron chi connectivity index (χ1n) is 11.7. The molecular formula is C26H25N5O3S. The third-order valence-electron chi connectivity index (χ3n) is 6.84. The van der Waals surface area contributed by atoms with Gasteiger partial charge in [-0.2, -0.15) is 0 Å². The number of hydrogen-bond acceptors (Lipinski definition) is 7. The van der Waals surface area contributed by atoms with Crippen LogP contribution in [0, 0.1) is 0 Å². The maximum Gasteiger partial charge on any atom is 0.256 e. The highest BCUT2D eigenvalue weighted by atomic mass is 32.2. The zero-order valence-electron chi connectivity index (χ0n) is 18.9. The molecule has 3 heterocycles. The standard InChI is InChI=1S/C26H25N5O3S/c32-20-12-7-13-26(20)14-19(35-18-10-5-2-6-11-18)25(34-26)31-16-29-22-21(31)23(28-15-27-22)30-24(33)17-8-3-1-4-9-17/h1-6,8-11,15-16,19-20,25,32H,7,12-14H2,(H,27,28,30,33)/t19-,20-,25-,26+/m1/s1. The lowest BCUT2D eigenvalue weighted by Gasteiger charge is -2.28. The fraction of sp³-hybridized carbons (Fsp3) is 0.308. The first-order chi connectivity index (χ1) is 17.1. The van der Waals surface area contributed by atoms with Gasteiger partial charge in [0.15, 0.2) is 11.5 Å². The number of rotatable bonds is 5. The van der Waals surface area contributed by atoms with Crippen LogP contribution in [0.1, 0.15) is 42.3 Å². The first-order valence-corrected chi connectivity index (χ1v) is 12.6. The Morgan fingerprint density at radius 3 is 2.60 bits per heavy atom. The lowest BCUT2D eigenvalue weighted by Crippen LogP contribution is -2.37. The molecular weight excluding hydrogens is 462 g/mol. The average Bonchev–Trinajstić information content (AvgIpc) is 3.58. The molecule has 4 aromatic rings. The third kappa shape index (κ3) is 4.09. The first kappa shape index (κ1) is 22.2. The van der Waals surface area contributed by atoms with Crippen molar-refractivity contribution in [2.45, 2.75) is 53.8 Å². The molecule has 2 N–H and O–H groups in total. The second-order valence-corrected chi connectivity index (χ2v) is 10.3. The normalized spacial score (nSPS) is 25.9. The van der Waals surface area contributed by atoms with Crippen molar-refractivity contribution in [2.75, 3.05) is 5.32 Å². The third-order valence-corrected chi connectivity index (χ3v) is 8.09. The molecule has 9 heteroatoms. The molecule has 1 spiro atoms. The molecule has 1 saturated carbocycles. The van der Waals surface area contributed by atoms with Crippen molar-refractivity contribution < 1.29 is 14.6 Å². The number of nitrogens with one attached hydrogen (secondary N) is 1. The number of carbonyl (C=O) groups excluding carboxylic acids is 1. The molecule has 0 bridgehead atoms. The van der Waals surface area contributed by atoms with Gasteiger partial charge in [0.05, 0.1) is 23.3 Å². The fourth-order valence-electron chi connectivity index (χ4n) is 5.15. The average molecular weight is 488 g/mol. The van der Waals surface area contributed by atoms with E-state index in [4.69, 9.17) is 4.74 Å². The van der Waals surface area contributed by atoms with E-state index in [0.29, 0.717) is 22.5 Å². The molecule has 8 nitrogen and oxygen atoms in total. The summed E-state index contributed by atoms with van der Waals surface area (Å²) in [5.41, 5.74) is 1.03. The molecule has 1 amide bonds. The van der Waals surface area contributed by atoms with E-state index in [0.717, 1.165) is 30.6 Å². The Bertz CT molecular complexity index is 1350. The van der Waals surface area contributed by atoms with Crippen LogP contribution in [-0.4, -0.2) is 47.5 Å². The van der Waals surface area contributed by atoms with Crippen LogP contribution >= 0.6 is 11.8 Å². The van der Waals surface area contributed by atoms with Crippen molar-refractivity contribution in [3.8, 4) is 0 Å². The van der Waals surface area contributed by atoms with Crippen LogP contribution in [0.2, 0.25) is 0 Å². The van der Waals surface area contributed by atoms with Crippen LogP contribution in [0.4, 0.5) is 5.82 Å². The molecule has 0 unspecified atom stereocenters. The topological polar surface area (TPSA) is 102 Å². The van der Waals surface area contributed by atoms with Gasteiger partial charge in [0.2, 0.25) is 0 Å². The number of imidazole rings is 1. The monoisotopic (exact) mass is 487 g/mol. The lowest BCUT2D eigenvalue weighted by atomic mass is 9.96. The molecule has 1 saturated heterocycles. The quantitative estimate of drug-likeness (QED) is 0.429. The Morgan fingerprint density at radius 1 is 1.09 bits per heavy atom. The minimum absolute atomic E-state index is 0.0282. The van der Waals surface area contributed by atoms with Crippen molar-refractivity contribution in [1.29, 1.82) is 0 Å². The molecule has 1 aliphatic heterocycles. The second kappa shape index (κ2) is 9.07. The van der Waals surface area contributed by atoms with Crippen molar-refractivity contribution in [3.63, 3.8) is 0 Å². The highest BCUT2D eigenvalue weighted by Gasteiger charge is 2.54. The zero-order valence-corrected chi connectivity index (χ0v) is 19.8. The number of anilines is 1. The maximum atomic E-state index is 12.9. The summed E-state index contributed by atoms with van der Waals surface area (Å²) in [5, 5.41) is 13.8. The van der Waals surface area contributed by atoms with Gasteiger partial charge in [0.1, 0.15) is 18.1 Å². The SMILES string of the molecule is O=C(Nc1ncnc2ncn([C@@H]3O[C@@]4(CCC[C@H]4O)C[C@H]3Sc3ccccc3)c12)c1ccccc1. The van der Waals surface area contributed by atoms with Gasteiger partial charge in [-0.25, -0.2) is 15.0 Å². The molecule has 2 aromatic heterocycles. The van der Waals surface area contributed by atoms with Crippen molar-refractivity contribution in [1.82, 2.24) is 19.5 Å². The van der Waals surface area contributed by atoms with E-state index in [9.17, 15) is 9.90 Å². The van der Waals surface area contributed by atoms with E-state index in [1.165, 1.54) is 6.33 Å². The second-order valence-electron chi connectivity index (χ2n) is 9.02. The van der Waals surface area contributed by atoms with Gasteiger partial charge >= 0.3 is 0 Å². The number of thioether (sulfide) groups is 1. The number of hydrogen-bond donors (Lipinski definition) is 2. The molecule has 0 radical (unpaired) electrons. The number of benzene rings is 2. The predicted molar refractivity (Wildman–Crippen MR) is 133 cm³/mol. The molecule has 178 valence electrons. The van der Waals surface area contributed by atoms with E-state index in [-0.39, 0.29) is 11.2 Å². The number of nitrogens with zero attached hydrogens (tertiary/aromatic N) is 4. The number of amides is 1. The van der Waals surface area contributed by atoms with E-state index in [1.807, 2.05) is 41.0 Å². The lowest BCUT2D eigenvalue weighted by molar-refractivity contribution is -0.118. The van der Waals surface area contributed by atoms with E-state index in [1.54, 1.807) is 30.2 Å². The zero-order chi connectivity index (χ0) is 23.8. The summed E-state index contributed by atoms with van der Waals surface area (Å²) in [6.07, 6.45) is 5.39. The molecule has 2 aromatic carbocycles. The van der Waals surface area contributed by atoms with Crippen LogP contribution in [0.15, 0.2) is 78.2 Å². The van der Waals surface area contributed by atoms with Gasteiger partial charge in [-0.15, -0.1) is 11.8 Å². The van der Waals surface area contributed by atoms with Gasteiger partial charge < -0.3 is 15.2 Å². The summed E-state index contributed by atoms with van der Waals surface area (Å²) in [7, 11) is 0. The van der Waals surface area contributed by atoms with E-state index < -0.39 is 17.9 Å². The van der Waals surface area contributed by atoms with Crippen molar-refractivity contribution in [2.24, 2.45) is 0 Å². The predicted octanol–water partition coefficient (Wildman–Crippen LogP) is 4.44. The smallest absolute Gasteiger partial charge is 0.256 e. The maximum absolute atomic E-state index is 12.9. The Labute approximate surface area is 206 Å². The molecule has 1 aliphatic carbocycles. The van der Waals surface area contributed by atoms with Crippen LogP contribution < -0.4 is 5.32 Å².